The predicted molar refractivity (Wildman–Crippen MR) is 203 cm³/mol. The van der Waals surface area contributed by atoms with Crippen LogP contribution in [0.3, 0.4) is 0 Å². The summed E-state index contributed by atoms with van der Waals surface area (Å²) in [6.07, 6.45) is 4.76. The van der Waals surface area contributed by atoms with Crippen molar-refractivity contribution in [2.45, 2.75) is 44.9 Å². The minimum absolute atomic E-state index is 0.0218. The van der Waals surface area contributed by atoms with Crippen molar-refractivity contribution in [3.63, 3.8) is 0 Å². The van der Waals surface area contributed by atoms with E-state index in [1.54, 1.807) is 59.0 Å². The predicted octanol–water partition coefficient (Wildman–Crippen LogP) is 2.90. The molecule has 15 nitrogen and oxygen atoms in total. The highest BCUT2D eigenvalue weighted by Crippen LogP contribution is 2.47. The summed E-state index contributed by atoms with van der Waals surface area (Å²) in [5, 5.41) is 57.2. The lowest BCUT2D eigenvalue weighted by Crippen LogP contribution is -2.30. The van der Waals surface area contributed by atoms with Crippen molar-refractivity contribution in [2.75, 3.05) is 38.4 Å². The molecule has 0 bridgehead atoms. The maximum Gasteiger partial charge on any atom is 0.271 e. The number of thioether (sulfide) groups is 1. The first-order valence-corrected chi connectivity index (χ1v) is 19.1. The number of fused-ring (bicyclic) bond motifs is 3. The van der Waals surface area contributed by atoms with Gasteiger partial charge in [-0.25, -0.2) is 10.1 Å². The molecule has 6 rings (SSSR count). The molecule has 2 aliphatic rings. The third kappa shape index (κ3) is 8.40. The van der Waals surface area contributed by atoms with E-state index in [0.29, 0.717) is 49.0 Å². The molecule has 0 saturated carbocycles. The maximum absolute atomic E-state index is 13.6. The zero-order valence-electron chi connectivity index (χ0n) is 30.2. The van der Waals surface area contributed by atoms with Gasteiger partial charge in [0.05, 0.1) is 53.7 Å². The lowest BCUT2D eigenvalue weighted by Gasteiger charge is -2.30. The molecule has 6 N–H and O–H groups in total. The Labute approximate surface area is 320 Å². The fourth-order valence-corrected chi connectivity index (χ4v) is 7.67. The number of phenols is 2. The van der Waals surface area contributed by atoms with Crippen LogP contribution in [-0.4, -0.2) is 103 Å². The number of ketones is 2. The average Bonchev–Trinajstić information content (AvgIpc) is 3.68. The van der Waals surface area contributed by atoms with E-state index in [0.717, 1.165) is 23.6 Å². The molecular weight excluding hydrogens is 729 g/mol. The largest absolute Gasteiger partial charge is 0.507 e. The fraction of sp³-hybridized carbons (Fsp3) is 0.359. The number of nitrogens with one attached hydrogen (secondary N) is 2. The summed E-state index contributed by atoms with van der Waals surface area (Å²) in [6.45, 7) is 0.267. The van der Waals surface area contributed by atoms with Gasteiger partial charge in [-0.2, -0.15) is 16.9 Å². The standard InChI is InChI=1S/C39H42N6O9S/c1-54-30-7-3-6-27-32(30)38(52)34-33(36(27)50)37(51)28-19-23(11-14-26(28)35(34)49)29(21-47)42-43-39(53)22-9-12-25(13-10-22)45-20-24(41-44-45)5-2-8-31(48)40-15-18-55-17-4-16-46/h3,6-7,9-10,12-13,20,23,46-47,49,51H,2,4-5,8,11,14-19,21H2,1H3,(H,40,48)(H,43,53)/b42-29+. The van der Waals surface area contributed by atoms with Crippen LogP contribution in [0.1, 0.15) is 84.7 Å². The number of hydrogen-bond donors (Lipinski definition) is 6. The minimum atomic E-state index is -0.620. The molecule has 1 heterocycles. The first-order valence-electron chi connectivity index (χ1n) is 18.0. The van der Waals surface area contributed by atoms with Crippen LogP contribution >= 0.6 is 11.8 Å². The molecule has 0 saturated heterocycles. The van der Waals surface area contributed by atoms with E-state index in [1.807, 2.05) is 0 Å². The van der Waals surface area contributed by atoms with Gasteiger partial charge >= 0.3 is 0 Å². The van der Waals surface area contributed by atoms with Crippen LogP contribution in [0, 0.1) is 5.92 Å². The van der Waals surface area contributed by atoms with Gasteiger partial charge in [0.1, 0.15) is 17.2 Å². The highest BCUT2D eigenvalue weighted by atomic mass is 32.2. The Balaban J connectivity index is 1.06. The number of hydrazone groups is 1. The van der Waals surface area contributed by atoms with E-state index in [1.165, 1.54) is 13.2 Å². The topological polar surface area (TPSA) is 226 Å². The first-order chi connectivity index (χ1) is 26.7. The van der Waals surface area contributed by atoms with E-state index in [2.05, 4.69) is 26.2 Å². The molecule has 4 aromatic rings. The molecule has 0 aliphatic heterocycles. The number of aliphatic hydroxyl groups is 2. The highest BCUT2D eigenvalue weighted by molar-refractivity contribution is 7.99. The number of nitrogens with zero attached hydrogens (tertiary/aromatic N) is 4. The summed E-state index contributed by atoms with van der Waals surface area (Å²) in [6, 6.07) is 11.2. The number of benzene rings is 3. The molecule has 16 heteroatoms. The minimum Gasteiger partial charge on any atom is -0.507 e. The zero-order valence-corrected chi connectivity index (χ0v) is 31.0. The zero-order chi connectivity index (χ0) is 39.1. The smallest absolute Gasteiger partial charge is 0.271 e. The van der Waals surface area contributed by atoms with Crippen LogP contribution in [0.2, 0.25) is 0 Å². The molecule has 288 valence electrons. The lowest BCUT2D eigenvalue weighted by molar-refractivity contribution is -0.121. The number of aryl methyl sites for hydroxylation is 1. The Morgan fingerprint density at radius 3 is 2.49 bits per heavy atom. The summed E-state index contributed by atoms with van der Waals surface area (Å²) in [4.78, 5) is 52.3. The Bertz CT molecular complexity index is 2130. The molecule has 3 aromatic carbocycles. The van der Waals surface area contributed by atoms with Crippen molar-refractivity contribution in [1.82, 2.24) is 25.7 Å². The number of aromatic nitrogens is 3. The molecule has 1 atom stereocenters. The summed E-state index contributed by atoms with van der Waals surface area (Å²) in [7, 11) is 1.38. The summed E-state index contributed by atoms with van der Waals surface area (Å²) in [5.74, 6) is -1.15. The second-order valence-electron chi connectivity index (χ2n) is 13.2. The van der Waals surface area contributed by atoms with Gasteiger partial charge < -0.3 is 30.5 Å². The first kappa shape index (κ1) is 39.1. The number of aromatic hydroxyl groups is 2. The van der Waals surface area contributed by atoms with Crippen LogP contribution in [0.5, 0.6) is 17.2 Å². The van der Waals surface area contributed by atoms with E-state index in [9.17, 15) is 34.5 Å². The van der Waals surface area contributed by atoms with Gasteiger partial charge in [-0.1, -0.05) is 17.3 Å². The number of methoxy groups -OCH3 is 1. The van der Waals surface area contributed by atoms with Crippen LogP contribution in [0.4, 0.5) is 0 Å². The molecule has 0 radical (unpaired) electrons. The van der Waals surface area contributed by atoms with Crippen molar-refractivity contribution in [3.8, 4) is 22.9 Å². The van der Waals surface area contributed by atoms with Crippen molar-refractivity contribution < 1.29 is 44.3 Å². The van der Waals surface area contributed by atoms with E-state index < -0.39 is 35.7 Å². The van der Waals surface area contributed by atoms with Crippen LogP contribution in [0.15, 0.2) is 53.8 Å². The van der Waals surface area contributed by atoms with E-state index in [-0.39, 0.29) is 70.4 Å². The number of aliphatic hydroxyl groups excluding tert-OH is 2. The van der Waals surface area contributed by atoms with Gasteiger partial charge in [-0.05, 0) is 74.6 Å². The number of hydrogen-bond acceptors (Lipinski definition) is 13. The average molecular weight is 771 g/mol. The van der Waals surface area contributed by atoms with Crippen LogP contribution < -0.4 is 15.5 Å². The Morgan fingerprint density at radius 2 is 1.75 bits per heavy atom. The molecule has 0 fully saturated rings. The monoisotopic (exact) mass is 770 g/mol. The van der Waals surface area contributed by atoms with Crippen molar-refractivity contribution in [2.24, 2.45) is 11.0 Å². The fourth-order valence-electron chi connectivity index (χ4n) is 6.89. The molecule has 1 aromatic heterocycles. The summed E-state index contributed by atoms with van der Waals surface area (Å²) >= 11 is 1.69. The number of rotatable bonds is 16. The lowest BCUT2D eigenvalue weighted by atomic mass is 9.74. The third-order valence-corrected chi connectivity index (χ3v) is 10.8. The number of phenolic OH excluding ortho intramolecular Hbond substituents is 2. The Kier molecular flexibility index (Phi) is 12.6. The Hall–Kier alpha value is -5.58. The SMILES string of the molecule is COc1cccc2c1C(=O)c1c(O)c3c(c(O)c1C2=O)CC(/C(CO)=N/NC(=O)c1ccc(-n2cc(CCCC(=O)NCCSCCCO)nn2)cc1)CC3. The molecule has 0 spiro atoms. The summed E-state index contributed by atoms with van der Waals surface area (Å²) < 4.78 is 6.88. The molecule has 1 unspecified atom stereocenters. The van der Waals surface area contributed by atoms with Gasteiger partial charge in [0, 0.05) is 53.5 Å². The quantitative estimate of drug-likeness (QED) is 0.0369. The van der Waals surface area contributed by atoms with Crippen molar-refractivity contribution in [1.29, 1.82) is 0 Å². The van der Waals surface area contributed by atoms with Crippen LogP contribution in [0.25, 0.3) is 5.69 Å². The maximum atomic E-state index is 13.6. The van der Waals surface area contributed by atoms with Gasteiger partial charge in [-0.3, -0.25) is 19.2 Å². The molecule has 55 heavy (non-hydrogen) atoms. The van der Waals surface area contributed by atoms with Gasteiger partial charge in [0.25, 0.3) is 5.91 Å². The normalized spacial score (nSPS) is 14.9. The van der Waals surface area contributed by atoms with E-state index in [4.69, 9.17) is 9.84 Å². The third-order valence-electron chi connectivity index (χ3n) is 9.75. The number of carbonyl (C=O) groups excluding carboxylic acids is 4. The van der Waals surface area contributed by atoms with Gasteiger partial charge in [0.15, 0.2) is 5.78 Å². The Morgan fingerprint density at radius 1 is 0.982 bits per heavy atom. The highest BCUT2D eigenvalue weighted by Gasteiger charge is 2.40. The molecular formula is C39H42N6O9S. The van der Waals surface area contributed by atoms with Crippen LogP contribution in [-0.2, 0) is 24.1 Å². The second kappa shape index (κ2) is 17.7. The van der Waals surface area contributed by atoms with E-state index >= 15 is 0 Å². The van der Waals surface area contributed by atoms with Crippen molar-refractivity contribution >= 4 is 40.9 Å². The molecule has 2 amide bonds. The number of ether oxygens (including phenoxy) is 1. The number of amides is 2. The summed E-state index contributed by atoms with van der Waals surface area (Å²) in [5.41, 5.74) is 4.59. The van der Waals surface area contributed by atoms with Crippen molar-refractivity contribution in [3.05, 3.63) is 93.3 Å². The van der Waals surface area contributed by atoms with Gasteiger partial charge in [-0.15, -0.1) is 5.10 Å². The number of carbonyl (C=O) groups is 4. The molecule has 2 aliphatic carbocycles. The van der Waals surface area contributed by atoms with Gasteiger partial charge in [0.2, 0.25) is 11.7 Å². The second-order valence-corrected chi connectivity index (χ2v) is 14.4.